The summed E-state index contributed by atoms with van der Waals surface area (Å²) >= 11 is 6.00. The summed E-state index contributed by atoms with van der Waals surface area (Å²) in [4.78, 5) is 11.8. The van der Waals surface area contributed by atoms with Crippen molar-refractivity contribution < 1.29 is 17.9 Å². The van der Waals surface area contributed by atoms with Gasteiger partial charge in [0.05, 0.1) is 17.9 Å². The summed E-state index contributed by atoms with van der Waals surface area (Å²) in [6, 6.07) is 4.81. The molecule has 1 aromatic rings. The van der Waals surface area contributed by atoms with Gasteiger partial charge in [0.1, 0.15) is 0 Å². The number of carbonyl (C=O) groups is 1. The molecule has 0 aliphatic carbocycles. The zero-order chi connectivity index (χ0) is 15.6. The van der Waals surface area contributed by atoms with Crippen LogP contribution < -0.4 is 0 Å². The fourth-order valence-corrected chi connectivity index (χ4v) is 4.53. The van der Waals surface area contributed by atoms with E-state index in [1.807, 2.05) is 0 Å². The maximum atomic E-state index is 12.7. The quantitative estimate of drug-likeness (QED) is 0.797. The van der Waals surface area contributed by atoms with Crippen LogP contribution in [0.5, 0.6) is 0 Å². The molecule has 1 fully saturated rings. The molecule has 1 atom stereocenters. The Kier molecular flexibility index (Phi) is 4.91. The van der Waals surface area contributed by atoms with Gasteiger partial charge in [-0.25, -0.2) is 8.42 Å². The van der Waals surface area contributed by atoms with E-state index >= 15 is 0 Å². The third kappa shape index (κ3) is 3.22. The van der Waals surface area contributed by atoms with E-state index in [1.165, 1.54) is 17.5 Å². The summed E-state index contributed by atoms with van der Waals surface area (Å²) in [6.07, 6.45) is 1.28. The lowest BCUT2D eigenvalue weighted by molar-refractivity contribution is -0.146. The summed E-state index contributed by atoms with van der Waals surface area (Å²) in [7, 11) is -2.33. The minimum absolute atomic E-state index is 0.154. The van der Waals surface area contributed by atoms with E-state index in [2.05, 4.69) is 0 Å². The molecule has 0 saturated carbocycles. The third-order valence-electron chi connectivity index (χ3n) is 3.75. The molecule has 21 heavy (non-hydrogen) atoms. The Bertz CT molecular complexity index is 644. The van der Waals surface area contributed by atoms with Crippen molar-refractivity contribution in [2.45, 2.75) is 24.7 Å². The molecule has 0 unspecified atom stereocenters. The number of benzene rings is 1. The lowest BCUT2D eigenvalue weighted by Gasteiger charge is -2.30. The number of piperidine rings is 1. The number of methoxy groups -OCH3 is 1. The first kappa shape index (κ1) is 16.3. The summed E-state index contributed by atoms with van der Waals surface area (Å²) in [5.74, 6) is -0.768. The number of sulfonamides is 1. The first-order valence-corrected chi connectivity index (χ1v) is 8.53. The van der Waals surface area contributed by atoms with Crippen molar-refractivity contribution in [3.63, 3.8) is 0 Å². The van der Waals surface area contributed by atoms with Crippen LogP contribution in [0.2, 0.25) is 5.02 Å². The normalized spacial score (nSPS) is 20.2. The highest BCUT2D eigenvalue weighted by molar-refractivity contribution is 7.89. The van der Waals surface area contributed by atoms with Crippen molar-refractivity contribution in [1.82, 2.24) is 4.31 Å². The van der Waals surface area contributed by atoms with Crippen LogP contribution in [0.15, 0.2) is 23.1 Å². The highest BCUT2D eigenvalue weighted by Gasteiger charge is 2.34. The molecule has 0 bridgehead atoms. The Morgan fingerprint density at radius 3 is 2.81 bits per heavy atom. The largest absolute Gasteiger partial charge is 0.469 e. The first-order chi connectivity index (χ1) is 9.87. The topological polar surface area (TPSA) is 63.7 Å². The smallest absolute Gasteiger partial charge is 0.309 e. The van der Waals surface area contributed by atoms with Gasteiger partial charge in [-0.3, -0.25) is 4.79 Å². The second-order valence-electron chi connectivity index (χ2n) is 5.09. The highest BCUT2D eigenvalue weighted by Crippen LogP contribution is 2.28. The van der Waals surface area contributed by atoms with Crippen LogP contribution in [0.1, 0.15) is 18.4 Å². The average molecular weight is 332 g/mol. The Morgan fingerprint density at radius 2 is 2.14 bits per heavy atom. The van der Waals surface area contributed by atoms with Crippen LogP contribution in [0.3, 0.4) is 0 Å². The van der Waals surface area contributed by atoms with Gasteiger partial charge in [0.15, 0.2) is 0 Å². The Labute approximate surface area is 129 Å². The number of carbonyl (C=O) groups excluding carboxylic acids is 1. The number of halogens is 1. The number of hydrogen-bond donors (Lipinski definition) is 0. The summed E-state index contributed by atoms with van der Waals surface area (Å²) in [5, 5.41) is 0.414. The molecular weight excluding hydrogens is 314 g/mol. The van der Waals surface area contributed by atoms with Gasteiger partial charge in [0.25, 0.3) is 0 Å². The van der Waals surface area contributed by atoms with Crippen LogP contribution in [0.4, 0.5) is 0 Å². The molecule has 0 aromatic heterocycles. The molecule has 5 nitrogen and oxygen atoms in total. The van der Waals surface area contributed by atoms with E-state index in [0.29, 0.717) is 30.0 Å². The number of esters is 1. The van der Waals surface area contributed by atoms with Gasteiger partial charge >= 0.3 is 5.97 Å². The number of ether oxygens (including phenoxy) is 1. The molecule has 1 aromatic carbocycles. The van der Waals surface area contributed by atoms with Crippen molar-refractivity contribution in [2.24, 2.45) is 5.92 Å². The number of hydrogen-bond acceptors (Lipinski definition) is 4. The maximum Gasteiger partial charge on any atom is 0.309 e. The molecule has 0 radical (unpaired) electrons. The molecule has 0 spiro atoms. The Balaban J connectivity index is 2.31. The monoisotopic (exact) mass is 331 g/mol. The molecule has 2 rings (SSSR count). The van der Waals surface area contributed by atoms with Gasteiger partial charge in [-0.1, -0.05) is 17.7 Å². The standard InChI is InChI=1S/C14H18ClNO4S/c1-10-12(15)6-3-7-13(10)21(18,19)16-8-4-5-11(9-16)14(17)20-2/h3,6-7,11H,4-5,8-9H2,1-2H3/t11-/m0/s1. The van der Waals surface area contributed by atoms with E-state index in [9.17, 15) is 13.2 Å². The lowest BCUT2D eigenvalue weighted by atomic mass is 10.0. The van der Waals surface area contributed by atoms with Gasteiger partial charge < -0.3 is 4.74 Å². The molecule has 1 aliphatic heterocycles. The Morgan fingerprint density at radius 1 is 1.43 bits per heavy atom. The first-order valence-electron chi connectivity index (χ1n) is 6.71. The fourth-order valence-electron chi connectivity index (χ4n) is 2.53. The van der Waals surface area contributed by atoms with Crippen molar-refractivity contribution in [3.8, 4) is 0 Å². The third-order valence-corrected chi connectivity index (χ3v) is 6.17. The van der Waals surface area contributed by atoms with Crippen LogP contribution in [-0.2, 0) is 19.6 Å². The summed E-state index contributed by atoms with van der Waals surface area (Å²) in [5.41, 5.74) is 0.527. The molecule has 1 saturated heterocycles. The van der Waals surface area contributed by atoms with Crippen LogP contribution in [-0.4, -0.2) is 38.9 Å². The van der Waals surface area contributed by atoms with Crippen molar-refractivity contribution in [1.29, 1.82) is 0 Å². The van der Waals surface area contributed by atoms with E-state index in [-0.39, 0.29) is 17.4 Å². The van der Waals surface area contributed by atoms with E-state index in [4.69, 9.17) is 16.3 Å². The van der Waals surface area contributed by atoms with Crippen molar-refractivity contribution >= 4 is 27.6 Å². The zero-order valence-electron chi connectivity index (χ0n) is 12.0. The molecule has 7 heteroatoms. The summed E-state index contributed by atoms with van der Waals surface area (Å²) < 4.78 is 31.5. The van der Waals surface area contributed by atoms with Gasteiger partial charge in [-0.2, -0.15) is 4.31 Å². The minimum atomic E-state index is -3.65. The van der Waals surface area contributed by atoms with Gasteiger partial charge in [0, 0.05) is 18.1 Å². The van der Waals surface area contributed by atoms with Crippen molar-refractivity contribution in [3.05, 3.63) is 28.8 Å². The van der Waals surface area contributed by atoms with Gasteiger partial charge in [-0.05, 0) is 37.5 Å². The van der Waals surface area contributed by atoms with E-state index in [0.717, 1.165) is 0 Å². The van der Waals surface area contributed by atoms with E-state index in [1.54, 1.807) is 19.1 Å². The maximum absolute atomic E-state index is 12.7. The fraction of sp³-hybridized carbons (Fsp3) is 0.500. The second-order valence-corrected chi connectivity index (χ2v) is 7.40. The molecule has 0 N–H and O–H groups in total. The SMILES string of the molecule is COC(=O)[C@H]1CCCN(S(=O)(=O)c2cccc(Cl)c2C)C1. The van der Waals surface area contributed by atoms with Gasteiger partial charge in [0.2, 0.25) is 10.0 Å². The van der Waals surface area contributed by atoms with Crippen LogP contribution in [0, 0.1) is 12.8 Å². The Hall–Kier alpha value is -1.11. The molecule has 0 amide bonds. The van der Waals surface area contributed by atoms with Crippen molar-refractivity contribution in [2.75, 3.05) is 20.2 Å². The predicted octanol–water partition coefficient (Wildman–Crippen LogP) is 2.22. The molecular formula is C14H18ClNO4S. The predicted molar refractivity (Wildman–Crippen MR) is 79.7 cm³/mol. The summed E-state index contributed by atoms with van der Waals surface area (Å²) in [6.45, 7) is 2.24. The van der Waals surface area contributed by atoms with Crippen LogP contribution in [0.25, 0.3) is 0 Å². The molecule has 1 heterocycles. The lowest BCUT2D eigenvalue weighted by Crippen LogP contribution is -2.42. The molecule has 1 aliphatic rings. The second kappa shape index (κ2) is 6.34. The minimum Gasteiger partial charge on any atom is -0.469 e. The van der Waals surface area contributed by atoms with Crippen LogP contribution >= 0.6 is 11.6 Å². The van der Waals surface area contributed by atoms with Gasteiger partial charge in [-0.15, -0.1) is 0 Å². The van der Waals surface area contributed by atoms with E-state index < -0.39 is 15.9 Å². The zero-order valence-corrected chi connectivity index (χ0v) is 13.6. The number of rotatable bonds is 3. The number of nitrogens with zero attached hydrogens (tertiary/aromatic N) is 1. The molecule has 116 valence electrons. The highest BCUT2D eigenvalue weighted by atomic mass is 35.5. The average Bonchev–Trinajstić information content (AvgIpc) is 2.49.